The number of amides is 1. The third kappa shape index (κ3) is 2.11. The number of aromatic nitrogens is 2. The van der Waals surface area contributed by atoms with E-state index in [1.54, 1.807) is 6.20 Å². The van der Waals surface area contributed by atoms with Gasteiger partial charge in [-0.1, -0.05) is 0 Å². The zero-order valence-electron chi connectivity index (χ0n) is 7.86. The molecule has 0 aromatic carbocycles. The summed E-state index contributed by atoms with van der Waals surface area (Å²) in [7, 11) is 0. The van der Waals surface area contributed by atoms with Crippen molar-refractivity contribution < 1.29 is 4.79 Å². The van der Waals surface area contributed by atoms with Gasteiger partial charge in [0.2, 0.25) is 0 Å². The van der Waals surface area contributed by atoms with Gasteiger partial charge in [-0.3, -0.25) is 9.89 Å². The van der Waals surface area contributed by atoms with Gasteiger partial charge in [0.25, 0.3) is 5.91 Å². The molecule has 5 heteroatoms. The van der Waals surface area contributed by atoms with Gasteiger partial charge in [0.15, 0.2) is 0 Å². The van der Waals surface area contributed by atoms with Crippen molar-refractivity contribution in [3.8, 4) is 0 Å². The molecule has 1 aromatic rings. The largest absolute Gasteiger partial charge is 0.350 e. The molecule has 0 aliphatic heterocycles. The summed E-state index contributed by atoms with van der Waals surface area (Å²) in [4.78, 5) is 11.4. The van der Waals surface area contributed by atoms with Crippen LogP contribution in [-0.2, 0) is 0 Å². The van der Waals surface area contributed by atoms with Gasteiger partial charge >= 0.3 is 0 Å². The van der Waals surface area contributed by atoms with Crippen molar-refractivity contribution in [3.63, 3.8) is 0 Å². The third-order valence-electron chi connectivity index (χ3n) is 2.49. The maximum Gasteiger partial charge on any atom is 0.254 e. The van der Waals surface area contributed by atoms with Crippen LogP contribution in [0.25, 0.3) is 0 Å². The molecule has 4 N–H and O–H groups in total. The van der Waals surface area contributed by atoms with Gasteiger partial charge < -0.3 is 11.1 Å². The Morgan fingerprint density at radius 2 is 2.57 bits per heavy atom. The van der Waals surface area contributed by atoms with Crippen molar-refractivity contribution in [2.45, 2.75) is 18.9 Å². The van der Waals surface area contributed by atoms with E-state index in [0.29, 0.717) is 18.0 Å². The first-order chi connectivity index (χ1) is 6.77. The summed E-state index contributed by atoms with van der Waals surface area (Å²) >= 11 is 0. The van der Waals surface area contributed by atoms with Crippen molar-refractivity contribution in [1.29, 1.82) is 0 Å². The Bertz CT molecular complexity index is 305. The number of nitrogens with one attached hydrogen (secondary N) is 2. The zero-order valence-corrected chi connectivity index (χ0v) is 7.86. The van der Waals surface area contributed by atoms with Gasteiger partial charge in [0, 0.05) is 18.8 Å². The number of H-pyrrole nitrogens is 1. The summed E-state index contributed by atoms with van der Waals surface area (Å²) in [5.74, 6) is 0.495. The minimum absolute atomic E-state index is 0.103. The monoisotopic (exact) mass is 194 g/mol. The molecule has 2 rings (SSSR count). The van der Waals surface area contributed by atoms with Crippen LogP contribution in [0, 0.1) is 5.92 Å². The fourth-order valence-electron chi connectivity index (χ4n) is 1.38. The molecule has 0 spiro atoms. The molecular weight excluding hydrogens is 180 g/mol. The summed E-state index contributed by atoms with van der Waals surface area (Å²) in [6, 6.07) is 0.103. The van der Waals surface area contributed by atoms with Crippen LogP contribution in [0.5, 0.6) is 0 Å². The van der Waals surface area contributed by atoms with Gasteiger partial charge in [-0.25, -0.2) is 0 Å². The van der Waals surface area contributed by atoms with Crippen molar-refractivity contribution in [3.05, 3.63) is 18.0 Å². The number of nitrogens with two attached hydrogens (primary N) is 1. The lowest BCUT2D eigenvalue weighted by molar-refractivity contribution is 0.0950. The molecule has 0 radical (unpaired) electrons. The number of carbonyl (C=O) groups is 1. The van der Waals surface area contributed by atoms with Crippen LogP contribution in [0.2, 0.25) is 0 Å². The van der Waals surface area contributed by atoms with Crippen LogP contribution in [0.4, 0.5) is 0 Å². The lowest BCUT2D eigenvalue weighted by atomic mass is 10.2. The van der Waals surface area contributed by atoms with Crippen LogP contribution in [0.15, 0.2) is 12.4 Å². The Morgan fingerprint density at radius 1 is 1.79 bits per heavy atom. The SMILES string of the molecule is NC(CNC(=O)c1cn[nH]c1)C1CC1. The maximum atomic E-state index is 11.4. The van der Waals surface area contributed by atoms with E-state index >= 15 is 0 Å². The second-order valence-electron chi connectivity index (χ2n) is 3.70. The average Bonchev–Trinajstić information content (AvgIpc) is 2.90. The van der Waals surface area contributed by atoms with E-state index in [1.807, 2.05) is 0 Å². The minimum atomic E-state index is -0.116. The van der Waals surface area contributed by atoms with Gasteiger partial charge in [-0.2, -0.15) is 5.10 Å². The average molecular weight is 194 g/mol. The second kappa shape index (κ2) is 3.79. The molecule has 0 bridgehead atoms. The topological polar surface area (TPSA) is 83.8 Å². The van der Waals surface area contributed by atoms with Crippen LogP contribution in [0.1, 0.15) is 23.2 Å². The van der Waals surface area contributed by atoms with Gasteiger partial charge in [0.05, 0.1) is 11.8 Å². The molecular formula is C9H14N4O. The van der Waals surface area contributed by atoms with E-state index < -0.39 is 0 Å². The highest BCUT2D eigenvalue weighted by atomic mass is 16.1. The molecule has 1 amide bonds. The molecule has 14 heavy (non-hydrogen) atoms. The number of aromatic amines is 1. The van der Waals surface area contributed by atoms with E-state index in [4.69, 9.17) is 5.73 Å². The Balaban J connectivity index is 1.77. The molecule has 1 aliphatic rings. The zero-order chi connectivity index (χ0) is 9.97. The smallest absolute Gasteiger partial charge is 0.254 e. The quantitative estimate of drug-likeness (QED) is 0.624. The van der Waals surface area contributed by atoms with Gasteiger partial charge in [-0.05, 0) is 18.8 Å². The molecule has 5 nitrogen and oxygen atoms in total. The highest BCUT2D eigenvalue weighted by Gasteiger charge is 2.28. The normalized spacial score (nSPS) is 17.8. The summed E-state index contributed by atoms with van der Waals surface area (Å²) < 4.78 is 0. The third-order valence-corrected chi connectivity index (χ3v) is 2.49. The molecule has 1 aromatic heterocycles. The molecule has 1 heterocycles. The van der Waals surface area contributed by atoms with Crippen molar-refractivity contribution in [1.82, 2.24) is 15.5 Å². The Hall–Kier alpha value is -1.36. The molecule has 1 aliphatic carbocycles. The lowest BCUT2D eigenvalue weighted by Gasteiger charge is -2.10. The molecule has 1 fully saturated rings. The van der Waals surface area contributed by atoms with Crippen molar-refractivity contribution >= 4 is 5.91 Å². The first kappa shape index (κ1) is 9.21. The summed E-state index contributed by atoms with van der Waals surface area (Å²) in [6.07, 6.45) is 5.46. The van der Waals surface area contributed by atoms with Crippen LogP contribution >= 0.6 is 0 Å². The van der Waals surface area contributed by atoms with Crippen molar-refractivity contribution in [2.75, 3.05) is 6.54 Å². The molecule has 1 unspecified atom stereocenters. The maximum absolute atomic E-state index is 11.4. The van der Waals surface area contributed by atoms with E-state index in [-0.39, 0.29) is 11.9 Å². The molecule has 1 atom stereocenters. The van der Waals surface area contributed by atoms with Gasteiger partial charge in [0.1, 0.15) is 0 Å². The number of rotatable bonds is 4. The highest BCUT2D eigenvalue weighted by Crippen LogP contribution is 2.31. The Kier molecular flexibility index (Phi) is 2.49. The van der Waals surface area contributed by atoms with Gasteiger partial charge in [-0.15, -0.1) is 0 Å². The second-order valence-corrected chi connectivity index (χ2v) is 3.70. The standard InChI is InChI=1S/C9H14N4O/c10-8(6-1-2-6)5-11-9(14)7-3-12-13-4-7/h3-4,6,8H,1-2,5,10H2,(H,11,14)(H,12,13). The summed E-state index contributed by atoms with van der Waals surface area (Å²) in [5, 5.41) is 9.07. The molecule has 76 valence electrons. The fraction of sp³-hybridized carbons (Fsp3) is 0.556. The number of hydrogen-bond donors (Lipinski definition) is 3. The predicted molar refractivity (Wildman–Crippen MR) is 51.6 cm³/mol. The van der Waals surface area contributed by atoms with Crippen LogP contribution in [-0.4, -0.2) is 28.7 Å². The van der Waals surface area contributed by atoms with E-state index in [2.05, 4.69) is 15.5 Å². The minimum Gasteiger partial charge on any atom is -0.350 e. The highest BCUT2D eigenvalue weighted by molar-refractivity contribution is 5.93. The lowest BCUT2D eigenvalue weighted by Crippen LogP contribution is -2.38. The fourth-order valence-corrected chi connectivity index (χ4v) is 1.38. The van der Waals surface area contributed by atoms with Crippen LogP contribution in [0.3, 0.4) is 0 Å². The van der Waals surface area contributed by atoms with E-state index in [9.17, 15) is 4.79 Å². The summed E-state index contributed by atoms with van der Waals surface area (Å²) in [5.41, 5.74) is 6.39. The van der Waals surface area contributed by atoms with Crippen LogP contribution < -0.4 is 11.1 Å². The van der Waals surface area contributed by atoms with E-state index in [0.717, 1.165) is 0 Å². The Morgan fingerprint density at radius 3 is 3.14 bits per heavy atom. The molecule has 1 saturated carbocycles. The summed E-state index contributed by atoms with van der Waals surface area (Å²) in [6.45, 7) is 0.550. The predicted octanol–water partition coefficient (Wildman–Crippen LogP) is -0.123. The number of carbonyl (C=O) groups excluding carboxylic acids is 1. The first-order valence-corrected chi connectivity index (χ1v) is 4.80. The van der Waals surface area contributed by atoms with Crippen molar-refractivity contribution in [2.24, 2.45) is 11.7 Å². The first-order valence-electron chi connectivity index (χ1n) is 4.80. The number of nitrogens with zero attached hydrogens (tertiary/aromatic N) is 1. The Labute approximate surface area is 82.1 Å². The molecule has 0 saturated heterocycles. The number of hydrogen-bond acceptors (Lipinski definition) is 3. The van der Waals surface area contributed by atoms with E-state index in [1.165, 1.54) is 19.0 Å².